The van der Waals surface area contributed by atoms with Crippen molar-refractivity contribution in [2.24, 2.45) is 5.73 Å². The topological polar surface area (TPSA) is 59.0 Å². The van der Waals surface area contributed by atoms with Crippen molar-refractivity contribution < 1.29 is 4.74 Å². The van der Waals surface area contributed by atoms with Gasteiger partial charge in [-0.15, -0.1) is 0 Å². The molecule has 42 valence electrons. The molecular formula is C5H6N2O. The molecule has 1 unspecified atom stereocenters. The third-order valence-corrected chi connectivity index (χ3v) is 0.955. The maximum absolute atomic E-state index is 8.22. The maximum Gasteiger partial charge on any atom is 0.189 e. The highest BCUT2D eigenvalue weighted by Gasteiger charge is 2.13. The van der Waals surface area contributed by atoms with Crippen LogP contribution in [0.3, 0.4) is 0 Å². The first-order valence-electron chi connectivity index (χ1n) is 2.35. The Labute approximate surface area is 47.3 Å². The summed E-state index contributed by atoms with van der Waals surface area (Å²) in [5.74, 6) is 0.372. The van der Waals surface area contributed by atoms with Crippen LogP contribution in [0.4, 0.5) is 0 Å². The Morgan fingerprint density at radius 3 is 3.00 bits per heavy atom. The minimum absolute atomic E-state index is 0.338. The molecule has 0 saturated heterocycles. The van der Waals surface area contributed by atoms with Gasteiger partial charge in [0.1, 0.15) is 6.07 Å². The molecule has 3 heteroatoms. The van der Waals surface area contributed by atoms with Crippen LogP contribution in [0, 0.1) is 11.3 Å². The predicted molar refractivity (Wildman–Crippen MR) is 27.4 cm³/mol. The van der Waals surface area contributed by atoms with E-state index < -0.39 is 0 Å². The van der Waals surface area contributed by atoms with Crippen molar-refractivity contribution in [1.82, 2.24) is 0 Å². The largest absolute Gasteiger partial charge is 0.461 e. The summed E-state index contributed by atoms with van der Waals surface area (Å²) in [4.78, 5) is 0. The number of nitrogens with zero attached hydrogens (tertiary/aromatic N) is 1. The summed E-state index contributed by atoms with van der Waals surface area (Å²) in [6.07, 6.45) is 1.99. The monoisotopic (exact) mass is 110 g/mol. The molecule has 2 N–H and O–H groups in total. The highest BCUT2D eigenvalue weighted by Crippen LogP contribution is 2.10. The second-order valence-electron chi connectivity index (χ2n) is 1.58. The van der Waals surface area contributed by atoms with Crippen molar-refractivity contribution in [2.45, 2.75) is 12.5 Å². The molecular weight excluding hydrogens is 104 g/mol. The van der Waals surface area contributed by atoms with Crippen molar-refractivity contribution in [3.05, 3.63) is 12.0 Å². The average molecular weight is 110 g/mol. The molecule has 8 heavy (non-hydrogen) atoms. The van der Waals surface area contributed by atoms with Gasteiger partial charge in [-0.05, 0) is 6.08 Å². The van der Waals surface area contributed by atoms with Crippen molar-refractivity contribution in [3.63, 3.8) is 0 Å². The van der Waals surface area contributed by atoms with Crippen LogP contribution in [0.25, 0.3) is 0 Å². The summed E-state index contributed by atoms with van der Waals surface area (Å²) in [6, 6.07) is 1.94. The molecule has 0 aliphatic carbocycles. The molecule has 1 rings (SSSR count). The summed E-state index contributed by atoms with van der Waals surface area (Å²) >= 11 is 0. The van der Waals surface area contributed by atoms with Crippen LogP contribution in [0.5, 0.6) is 0 Å². The smallest absolute Gasteiger partial charge is 0.189 e. The number of ether oxygens (including phenoxy) is 1. The fourth-order valence-corrected chi connectivity index (χ4v) is 0.563. The predicted octanol–water partition coefficient (Wildman–Crippen LogP) is 0.0990. The minimum Gasteiger partial charge on any atom is -0.461 e. The molecule has 1 atom stereocenters. The third kappa shape index (κ3) is 0.733. The molecule has 0 aromatic heterocycles. The van der Waals surface area contributed by atoms with Gasteiger partial charge in [0.15, 0.2) is 12.0 Å². The molecule has 0 spiro atoms. The fourth-order valence-electron chi connectivity index (χ4n) is 0.563. The van der Waals surface area contributed by atoms with Crippen LogP contribution in [0.1, 0.15) is 6.42 Å². The highest BCUT2D eigenvalue weighted by molar-refractivity contribution is 5.03. The molecule has 1 heterocycles. The second-order valence-corrected chi connectivity index (χ2v) is 1.58. The lowest BCUT2D eigenvalue weighted by molar-refractivity contribution is 0.187. The van der Waals surface area contributed by atoms with Crippen LogP contribution in [0.15, 0.2) is 12.0 Å². The van der Waals surface area contributed by atoms with Crippen LogP contribution >= 0.6 is 0 Å². The Kier molecular flexibility index (Phi) is 1.09. The van der Waals surface area contributed by atoms with E-state index in [0.717, 1.165) is 0 Å². The highest BCUT2D eigenvalue weighted by atomic mass is 16.5. The number of rotatable bonds is 0. The molecule has 0 amide bonds. The van der Waals surface area contributed by atoms with Gasteiger partial charge in [0.25, 0.3) is 0 Å². The van der Waals surface area contributed by atoms with Gasteiger partial charge in [-0.2, -0.15) is 5.26 Å². The zero-order valence-corrected chi connectivity index (χ0v) is 4.29. The zero-order chi connectivity index (χ0) is 5.98. The first-order chi connectivity index (χ1) is 3.83. The normalized spacial score (nSPS) is 25.9. The Bertz CT molecular complexity index is 156. The van der Waals surface area contributed by atoms with E-state index in [1.807, 2.05) is 6.07 Å². The van der Waals surface area contributed by atoms with E-state index in [2.05, 4.69) is 0 Å². The first kappa shape index (κ1) is 4.98. The fraction of sp³-hybridized carbons (Fsp3) is 0.400. The van der Waals surface area contributed by atoms with E-state index in [0.29, 0.717) is 12.3 Å². The molecule has 1 aliphatic heterocycles. The Balaban J connectivity index is 2.47. The summed E-state index contributed by atoms with van der Waals surface area (Å²) in [5, 5.41) is 8.22. The second kappa shape index (κ2) is 1.74. The van der Waals surface area contributed by atoms with Gasteiger partial charge < -0.3 is 10.5 Å². The summed E-state index contributed by atoms with van der Waals surface area (Å²) in [5.41, 5.74) is 5.19. The lowest BCUT2D eigenvalue weighted by Crippen LogP contribution is -2.05. The Hall–Kier alpha value is -1.17. The first-order valence-corrected chi connectivity index (χ1v) is 2.35. The minimum atomic E-state index is -0.338. The summed E-state index contributed by atoms with van der Waals surface area (Å²) in [6.45, 7) is 0. The third-order valence-electron chi connectivity index (χ3n) is 0.955. The van der Waals surface area contributed by atoms with Crippen LogP contribution in [-0.4, -0.2) is 6.10 Å². The van der Waals surface area contributed by atoms with Crippen LogP contribution in [-0.2, 0) is 4.74 Å². The summed E-state index contributed by atoms with van der Waals surface area (Å²) < 4.78 is 4.79. The Morgan fingerprint density at radius 2 is 2.75 bits per heavy atom. The molecule has 0 saturated carbocycles. The lowest BCUT2D eigenvalue weighted by Gasteiger charge is -1.98. The average Bonchev–Trinajstić information content (AvgIpc) is 2.14. The number of hydrogen-bond donors (Lipinski definition) is 1. The number of nitrogens with two attached hydrogens (primary N) is 1. The SMILES string of the molecule is N#CC1CC=C(N)O1. The molecule has 0 bridgehead atoms. The number of hydrogen-bond acceptors (Lipinski definition) is 3. The molecule has 1 aliphatic rings. The Morgan fingerprint density at radius 1 is 2.00 bits per heavy atom. The van der Waals surface area contributed by atoms with Gasteiger partial charge in [-0.25, -0.2) is 0 Å². The van der Waals surface area contributed by atoms with Gasteiger partial charge >= 0.3 is 0 Å². The summed E-state index contributed by atoms with van der Waals surface area (Å²) in [7, 11) is 0. The van der Waals surface area contributed by atoms with Crippen molar-refractivity contribution in [3.8, 4) is 6.07 Å². The van der Waals surface area contributed by atoms with Gasteiger partial charge in [0.2, 0.25) is 0 Å². The molecule has 0 radical (unpaired) electrons. The van der Waals surface area contributed by atoms with Gasteiger partial charge in [0, 0.05) is 6.42 Å². The van der Waals surface area contributed by atoms with Crippen molar-refractivity contribution >= 4 is 0 Å². The van der Waals surface area contributed by atoms with E-state index in [1.54, 1.807) is 6.08 Å². The van der Waals surface area contributed by atoms with Gasteiger partial charge in [-0.1, -0.05) is 0 Å². The van der Waals surface area contributed by atoms with E-state index in [4.69, 9.17) is 15.7 Å². The quantitative estimate of drug-likeness (QED) is 0.481. The maximum atomic E-state index is 8.22. The van der Waals surface area contributed by atoms with Crippen molar-refractivity contribution in [1.29, 1.82) is 5.26 Å². The van der Waals surface area contributed by atoms with E-state index in [-0.39, 0.29) is 6.10 Å². The molecule has 3 nitrogen and oxygen atoms in total. The van der Waals surface area contributed by atoms with Crippen LogP contribution < -0.4 is 5.73 Å². The van der Waals surface area contributed by atoms with E-state index in [1.165, 1.54) is 0 Å². The lowest BCUT2D eigenvalue weighted by atomic mass is 10.3. The number of nitriles is 1. The van der Waals surface area contributed by atoms with E-state index in [9.17, 15) is 0 Å². The van der Waals surface area contributed by atoms with Gasteiger partial charge in [-0.3, -0.25) is 0 Å². The van der Waals surface area contributed by atoms with Crippen molar-refractivity contribution in [2.75, 3.05) is 0 Å². The zero-order valence-electron chi connectivity index (χ0n) is 4.29. The molecule has 0 aromatic carbocycles. The van der Waals surface area contributed by atoms with Crippen LogP contribution in [0.2, 0.25) is 0 Å². The van der Waals surface area contributed by atoms with Gasteiger partial charge in [0.05, 0.1) is 0 Å². The molecule has 0 aromatic rings. The van der Waals surface area contributed by atoms with E-state index >= 15 is 0 Å². The standard InChI is InChI=1S/C5H6N2O/c6-3-4-1-2-5(7)8-4/h2,4H,1,7H2. The molecule has 0 fully saturated rings.